The molecule has 0 heterocycles. The summed E-state index contributed by atoms with van der Waals surface area (Å²) in [5.74, 6) is 0. The summed E-state index contributed by atoms with van der Waals surface area (Å²) in [4.78, 5) is 2.58. The fraction of sp³-hybridized carbons (Fsp3) is 1.00. The summed E-state index contributed by atoms with van der Waals surface area (Å²) in [6.45, 7) is 6.89. The van der Waals surface area contributed by atoms with E-state index in [1.165, 1.54) is 45.1 Å². The van der Waals surface area contributed by atoms with Crippen molar-refractivity contribution in [2.75, 3.05) is 20.1 Å². The van der Waals surface area contributed by atoms with Gasteiger partial charge >= 0.3 is 0 Å². The monoisotopic (exact) mass is 212 g/mol. The predicted molar refractivity (Wildman–Crippen MR) is 67.3 cm³/mol. The Kier molecular flexibility index (Phi) is 6.26. The van der Waals surface area contributed by atoms with Crippen LogP contribution in [0.25, 0.3) is 0 Å². The zero-order valence-electron chi connectivity index (χ0n) is 10.8. The lowest BCUT2D eigenvalue weighted by molar-refractivity contribution is 0.237. The number of rotatable bonds is 7. The minimum absolute atomic E-state index is 0.786. The van der Waals surface area contributed by atoms with E-state index >= 15 is 0 Å². The van der Waals surface area contributed by atoms with Crippen molar-refractivity contribution in [3.05, 3.63) is 0 Å². The summed E-state index contributed by atoms with van der Waals surface area (Å²) in [5.41, 5.74) is 0. The van der Waals surface area contributed by atoms with Gasteiger partial charge in [0.1, 0.15) is 0 Å². The van der Waals surface area contributed by atoms with E-state index in [1.54, 1.807) is 0 Å². The topological polar surface area (TPSA) is 15.3 Å². The lowest BCUT2D eigenvalue weighted by Crippen LogP contribution is -2.33. The first-order valence-corrected chi connectivity index (χ1v) is 6.71. The van der Waals surface area contributed by atoms with Crippen molar-refractivity contribution in [3.8, 4) is 0 Å². The van der Waals surface area contributed by atoms with Gasteiger partial charge in [-0.3, -0.25) is 0 Å². The van der Waals surface area contributed by atoms with Gasteiger partial charge in [-0.05, 0) is 45.8 Å². The smallest absolute Gasteiger partial charge is 0.0108 e. The third-order valence-corrected chi connectivity index (χ3v) is 3.64. The maximum atomic E-state index is 3.57. The maximum absolute atomic E-state index is 3.57. The van der Waals surface area contributed by atoms with E-state index < -0.39 is 0 Å². The minimum Gasteiger partial charge on any atom is -0.314 e. The molecule has 2 atom stereocenters. The van der Waals surface area contributed by atoms with Crippen molar-refractivity contribution in [1.29, 1.82) is 0 Å². The molecule has 1 saturated carbocycles. The summed E-state index contributed by atoms with van der Waals surface area (Å²) in [6.07, 6.45) is 8.20. The van der Waals surface area contributed by atoms with E-state index in [0.717, 1.165) is 18.6 Å². The van der Waals surface area contributed by atoms with Crippen LogP contribution in [0, 0.1) is 0 Å². The van der Waals surface area contributed by atoms with Crippen LogP contribution in [0.5, 0.6) is 0 Å². The Labute approximate surface area is 95.4 Å². The van der Waals surface area contributed by atoms with Crippen LogP contribution in [-0.2, 0) is 0 Å². The first-order valence-electron chi connectivity index (χ1n) is 6.71. The van der Waals surface area contributed by atoms with E-state index in [1.807, 2.05) is 0 Å². The van der Waals surface area contributed by atoms with Gasteiger partial charge in [0.05, 0.1) is 0 Å². The molecule has 1 rings (SSSR count). The second kappa shape index (κ2) is 7.24. The molecule has 15 heavy (non-hydrogen) atoms. The van der Waals surface area contributed by atoms with Gasteiger partial charge in [0.2, 0.25) is 0 Å². The second-order valence-electron chi connectivity index (χ2n) is 4.91. The van der Waals surface area contributed by atoms with Crippen molar-refractivity contribution < 1.29 is 0 Å². The summed E-state index contributed by atoms with van der Waals surface area (Å²) in [6, 6.07) is 1.62. The molecule has 0 saturated heterocycles. The van der Waals surface area contributed by atoms with E-state index in [2.05, 4.69) is 31.1 Å². The molecule has 0 bridgehead atoms. The van der Waals surface area contributed by atoms with Crippen LogP contribution in [-0.4, -0.2) is 37.1 Å². The molecule has 0 aromatic heterocycles. The Morgan fingerprint density at radius 2 is 2.00 bits per heavy atom. The van der Waals surface area contributed by atoms with E-state index in [4.69, 9.17) is 0 Å². The van der Waals surface area contributed by atoms with Crippen molar-refractivity contribution >= 4 is 0 Å². The molecule has 0 radical (unpaired) electrons. The lowest BCUT2D eigenvalue weighted by atomic mass is 10.2. The molecule has 0 spiro atoms. The molecule has 2 heteroatoms. The molecule has 1 fully saturated rings. The molecule has 1 N–H and O–H groups in total. The normalized spacial score (nSPS) is 26.4. The Balaban J connectivity index is 2.15. The molecule has 1 aliphatic carbocycles. The Morgan fingerprint density at radius 1 is 1.20 bits per heavy atom. The van der Waals surface area contributed by atoms with E-state index in [0.29, 0.717) is 0 Å². The van der Waals surface area contributed by atoms with Crippen LogP contribution in [0.15, 0.2) is 0 Å². The molecule has 1 aliphatic rings. The third kappa shape index (κ3) is 4.52. The van der Waals surface area contributed by atoms with Crippen molar-refractivity contribution in [2.24, 2.45) is 0 Å². The Morgan fingerprint density at radius 3 is 2.67 bits per heavy atom. The highest BCUT2D eigenvalue weighted by molar-refractivity contribution is 4.85. The van der Waals surface area contributed by atoms with Gasteiger partial charge in [0, 0.05) is 12.1 Å². The summed E-state index contributed by atoms with van der Waals surface area (Å²) < 4.78 is 0. The fourth-order valence-electron chi connectivity index (χ4n) is 2.63. The van der Waals surface area contributed by atoms with E-state index in [9.17, 15) is 0 Å². The zero-order chi connectivity index (χ0) is 11.1. The summed E-state index contributed by atoms with van der Waals surface area (Å²) in [5, 5.41) is 3.57. The highest BCUT2D eigenvalue weighted by Crippen LogP contribution is 2.23. The van der Waals surface area contributed by atoms with Gasteiger partial charge < -0.3 is 10.2 Å². The van der Waals surface area contributed by atoms with E-state index in [-0.39, 0.29) is 0 Å². The van der Waals surface area contributed by atoms with Crippen LogP contribution in [0.2, 0.25) is 0 Å². The van der Waals surface area contributed by atoms with Crippen molar-refractivity contribution in [3.63, 3.8) is 0 Å². The fourth-order valence-corrected chi connectivity index (χ4v) is 2.63. The van der Waals surface area contributed by atoms with Gasteiger partial charge in [-0.25, -0.2) is 0 Å². The second-order valence-corrected chi connectivity index (χ2v) is 4.91. The molecule has 2 nitrogen and oxygen atoms in total. The minimum atomic E-state index is 0.786. The summed E-state index contributed by atoms with van der Waals surface area (Å²) in [7, 11) is 2.30. The number of hydrogen-bond acceptors (Lipinski definition) is 2. The lowest BCUT2D eigenvalue weighted by Gasteiger charge is -2.24. The molecule has 0 aromatic carbocycles. The molecule has 0 amide bonds. The standard InChI is InChI=1S/C13H28N2/c1-4-6-7-10-15(3)13-9-8-12(11-13)14-5-2/h12-14H,4-11H2,1-3H3. The third-order valence-electron chi connectivity index (χ3n) is 3.64. The van der Waals surface area contributed by atoms with Crippen LogP contribution < -0.4 is 5.32 Å². The first-order chi connectivity index (χ1) is 7.27. The van der Waals surface area contributed by atoms with Crippen LogP contribution in [0.4, 0.5) is 0 Å². The van der Waals surface area contributed by atoms with Crippen molar-refractivity contribution in [1.82, 2.24) is 10.2 Å². The van der Waals surface area contributed by atoms with Gasteiger partial charge in [-0.15, -0.1) is 0 Å². The number of hydrogen-bond donors (Lipinski definition) is 1. The highest BCUT2D eigenvalue weighted by Gasteiger charge is 2.26. The number of unbranched alkanes of at least 4 members (excludes halogenated alkanes) is 2. The van der Waals surface area contributed by atoms with Crippen molar-refractivity contribution in [2.45, 2.75) is 64.5 Å². The van der Waals surface area contributed by atoms with Gasteiger partial charge in [0.15, 0.2) is 0 Å². The predicted octanol–water partition coefficient (Wildman–Crippen LogP) is 2.64. The average molecular weight is 212 g/mol. The molecular weight excluding hydrogens is 184 g/mol. The Bertz CT molecular complexity index is 159. The Hall–Kier alpha value is -0.0800. The molecule has 0 aromatic rings. The maximum Gasteiger partial charge on any atom is 0.0108 e. The summed E-state index contributed by atoms with van der Waals surface area (Å²) >= 11 is 0. The number of nitrogens with zero attached hydrogens (tertiary/aromatic N) is 1. The molecular formula is C13H28N2. The average Bonchev–Trinajstić information content (AvgIpc) is 2.67. The molecule has 0 aliphatic heterocycles. The molecule has 2 unspecified atom stereocenters. The van der Waals surface area contributed by atoms with Crippen LogP contribution >= 0.6 is 0 Å². The van der Waals surface area contributed by atoms with Gasteiger partial charge in [-0.1, -0.05) is 26.7 Å². The van der Waals surface area contributed by atoms with Crippen LogP contribution in [0.1, 0.15) is 52.4 Å². The number of nitrogens with one attached hydrogen (secondary N) is 1. The van der Waals surface area contributed by atoms with Crippen LogP contribution in [0.3, 0.4) is 0 Å². The van der Waals surface area contributed by atoms with Gasteiger partial charge in [0.25, 0.3) is 0 Å². The SMILES string of the molecule is CCCCCN(C)C1CCC(NCC)C1. The zero-order valence-corrected chi connectivity index (χ0v) is 10.8. The first kappa shape index (κ1) is 13.0. The highest BCUT2D eigenvalue weighted by atomic mass is 15.1. The quantitative estimate of drug-likeness (QED) is 0.653. The molecule has 90 valence electrons. The largest absolute Gasteiger partial charge is 0.314 e. The van der Waals surface area contributed by atoms with Gasteiger partial charge in [-0.2, -0.15) is 0 Å².